The number of rotatable bonds is 4. The molecular formula is C7H6F2N2O2. The first-order valence-corrected chi connectivity index (χ1v) is 3.43. The van der Waals surface area contributed by atoms with Gasteiger partial charge in [0.05, 0.1) is 0 Å². The molecule has 6 heteroatoms. The summed E-state index contributed by atoms with van der Waals surface area (Å²) in [5.41, 5.74) is -0.0804. The van der Waals surface area contributed by atoms with Gasteiger partial charge in [-0.25, -0.2) is 13.8 Å². The maximum Gasteiger partial charge on any atom is 0.272 e. The fraction of sp³-hybridized carbons (Fsp3) is 0.286. The van der Waals surface area contributed by atoms with Crippen LogP contribution in [0.15, 0.2) is 23.5 Å². The third kappa shape index (κ3) is 2.73. The standard InChI is InChI=1S/C7H6F2N2O2/c8-6(9)4-13-7-5(11-12)2-1-3-10-7/h1-3,6H,4H2. The lowest BCUT2D eigenvalue weighted by atomic mass is 10.4. The molecule has 0 aliphatic rings. The molecule has 0 saturated heterocycles. The summed E-state index contributed by atoms with van der Waals surface area (Å²) in [7, 11) is 0. The molecule has 0 amide bonds. The van der Waals surface area contributed by atoms with E-state index < -0.39 is 13.0 Å². The van der Waals surface area contributed by atoms with E-state index in [1.807, 2.05) is 0 Å². The van der Waals surface area contributed by atoms with E-state index in [0.29, 0.717) is 0 Å². The van der Waals surface area contributed by atoms with Crippen molar-refractivity contribution in [2.45, 2.75) is 6.43 Å². The second-order valence-electron chi connectivity index (χ2n) is 2.12. The Morgan fingerprint density at radius 3 is 3.00 bits per heavy atom. The minimum Gasteiger partial charge on any atom is -0.470 e. The van der Waals surface area contributed by atoms with Crippen LogP contribution in [0.2, 0.25) is 0 Å². The lowest BCUT2D eigenvalue weighted by Crippen LogP contribution is -2.07. The molecule has 13 heavy (non-hydrogen) atoms. The molecule has 0 aliphatic heterocycles. The Kier molecular flexibility index (Phi) is 3.24. The number of halogens is 2. The molecule has 1 rings (SSSR count). The van der Waals surface area contributed by atoms with Crippen molar-refractivity contribution in [1.82, 2.24) is 4.98 Å². The van der Waals surface area contributed by atoms with E-state index in [2.05, 4.69) is 14.9 Å². The minimum absolute atomic E-state index is 0.0804. The van der Waals surface area contributed by atoms with Gasteiger partial charge in [-0.1, -0.05) is 0 Å². The number of ether oxygens (including phenoxy) is 1. The average molecular weight is 188 g/mol. The van der Waals surface area contributed by atoms with Gasteiger partial charge in [-0.3, -0.25) is 0 Å². The molecule has 0 atom stereocenters. The Hall–Kier alpha value is -1.59. The monoisotopic (exact) mass is 188 g/mol. The molecule has 0 aliphatic carbocycles. The molecule has 0 N–H and O–H groups in total. The summed E-state index contributed by atoms with van der Waals surface area (Å²) in [6.45, 7) is -0.792. The van der Waals surface area contributed by atoms with Crippen LogP contribution in [0.5, 0.6) is 5.88 Å². The van der Waals surface area contributed by atoms with Gasteiger partial charge in [0.15, 0.2) is 12.3 Å². The van der Waals surface area contributed by atoms with E-state index in [0.717, 1.165) is 0 Å². The summed E-state index contributed by atoms with van der Waals surface area (Å²) >= 11 is 0. The lowest BCUT2D eigenvalue weighted by molar-refractivity contribution is 0.0799. The maximum atomic E-state index is 11.7. The number of aromatic nitrogens is 1. The third-order valence-electron chi connectivity index (χ3n) is 1.20. The van der Waals surface area contributed by atoms with Gasteiger partial charge in [0.1, 0.15) is 0 Å². The van der Waals surface area contributed by atoms with Gasteiger partial charge in [0.25, 0.3) is 6.43 Å². The Balaban J connectivity index is 2.69. The van der Waals surface area contributed by atoms with Crippen LogP contribution < -0.4 is 4.74 Å². The van der Waals surface area contributed by atoms with Gasteiger partial charge in [-0.05, 0) is 17.3 Å². The van der Waals surface area contributed by atoms with Crippen molar-refractivity contribution in [2.24, 2.45) is 5.18 Å². The fourth-order valence-corrected chi connectivity index (χ4v) is 0.705. The van der Waals surface area contributed by atoms with Crippen molar-refractivity contribution in [3.05, 3.63) is 23.2 Å². The maximum absolute atomic E-state index is 11.7. The van der Waals surface area contributed by atoms with Crippen molar-refractivity contribution in [2.75, 3.05) is 6.61 Å². The van der Waals surface area contributed by atoms with Crippen LogP contribution in [0.25, 0.3) is 0 Å². The van der Waals surface area contributed by atoms with E-state index in [-0.39, 0.29) is 11.6 Å². The largest absolute Gasteiger partial charge is 0.470 e. The Morgan fingerprint density at radius 2 is 2.38 bits per heavy atom. The Morgan fingerprint density at radius 1 is 1.62 bits per heavy atom. The normalized spacial score (nSPS) is 10.1. The van der Waals surface area contributed by atoms with Gasteiger partial charge in [-0.15, -0.1) is 4.91 Å². The van der Waals surface area contributed by atoms with Crippen LogP contribution in [0.3, 0.4) is 0 Å². The highest BCUT2D eigenvalue weighted by Gasteiger charge is 2.08. The van der Waals surface area contributed by atoms with E-state index in [4.69, 9.17) is 0 Å². The Bertz CT molecular complexity index is 294. The molecular weight excluding hydrogens is 182 g/mol. The van der Waals surface area contributed by atoms with Crippen LogP contribution in [0.1, 0.15) is 0 Å². The van der Waals surface area contributed by atoms with E-state index in [9.17, 15) is 13.7 Å². The van der Waals surface area contributed by atoms with E-state index >= 15 is 0 Å². The number of alkyl halides is 2. The molecule has 0 radical (unpaired) electrons. The summed E-state index contributed by atoms with van der Waals surface area (Å²) in [6.07, 6.45) is -1.27. The second-order valence-corrected chi connectivity index (χ2v) is 2.12. The van der Waals surface area contributed by atoms with Crippen LogP contribution in [0.4, 0.5) is 14.5 Å². The first-order valence-electron chi connectivity index (χ1n) is 3.43. The molecule has 0 aromatic carbocycles. The number of pyridine rings is 1. The zero-order chi connectivity index (χ0) is 9.68. The van der Waals surface area contributed by atoms with Crippen molar-refractivity contribution in [3.63, 3.8) is 0 Å². The second kappa shape index (κ2) is 4.44. The molecule has 0 bridgehead atoms. The van der Waals surface area contributed by atoms with Crippen molar-refractivity contribution in [3.8, 4) is 5.88 Å². The molecule has 0 unspecified atom stereocenters. The minimum atomic E-state index is -2.60. The van der Waals surface area contributed by atoms with Crippen molar-refractivity contribution >= 4 is 5.69 Å². The zero-order valence-electron chi connectivity index (χ0n) is 6.48. The predicted octanol–water partition coefficient (Wildman–Crippen LogP) is 2.12. The van der Waals surface area contributed by atoms with Gasteiger partial charge in [0.2, 0.25) is 5.88 Å². The zero-order valence-corrected chi connectivity index (χ0v) is 6.48. The molecule has 4 nitrogen and oxygen atoms in total. The number of nitroso groups, excluding NO2 is 1. The molecule has 0 fully saturated rings. The molecule has 1 aromatic rings. The average Bonchev–Trinajstić information content (AvgIpc) is 2.15. The highest BCUT2D eigenvalue weighted by molar-refractivity contribution is 5.45. The van der Waals surface area contributed by atoms with E-state index in [1.165, 1.54) is 18.3 Å². The van der Waals surface area contributed by atoms with Crippen LogP contribution in [0, 0.1) is 4.91 Å². The lowest BCUT2D eigenvalue weighted by Gasteiger charge is -2.04. The number of hydrogen-bond acceptors (Lipinski definition) is 4. The van der Waals surface area contributed by atoms with Gasteiger partial charge in [0, 0.05) is 6.20 Å². The molecule has 0 spiro atoms. The number of nitrogens with zero attached hydrogens (tertiary/aromatic N) is 2. The first-order chi connectivity index (χ1) is 6.24. The van der Waals surface area contributed by atoms with Crippen LogP contribution >= 0.6 is 0 Å². The summed E-state index contributed by atoms with van der Waals surface area (Å²) < 4.78 is 27.9. The summed E-state index contributed by atoms with van der Waals surface area (Å²) in [4.78, 5) is 13.7. The molecule has 1 aromatic heterocycles. The van der Waals surface area contributed by atoms with Crippen molar-refractivity contribution < 1.29 is 13.5 Å². The van der Waals surface area contributed by atoms with Gasteiger partial charge >= 0.3 is 0 Å². The van der Waals surface area contributed by atoms with Crippen molar-refractivity contribution in [1.29, 1.82) is 0 Å². The van der Waals surface area contributed by atoms with Gasteiger partial charge < -0.3 is 4.74 Å². The smallest absolute Gasteiger partial charge is 0.272 e. The molecule has 0 saturated carbocycles. The Labute approximate surface area is 72.5 Å². The SMILES string of the molecule is O=Nc1cccnc1OCC(F)F. The number of hydrogen-bond donors (Lipinski definition) is 0. The third-order valence-corrected chi connectivity index (χ3v) is 1.20. The predicted molar refractivity (Wildman–Crippen MR) is 41.2 cm³/mol. The summed E-state index contributed by atoms with van der Waals surface area (Å²) in [5, 5.41) is 2.57. The quantitative estimate of drug-likeness (QED) is 0.680. The highest BCUT2D eigenvalue weighted by Crippen LogP contribution is 2.23. The highest BCUT2D eigenvalue weighted by atomic mass is 19.3. The summed E-state index contributed by atoms with van der Waals surface area (Å²) in [5.74, 6) is -0.169. The first kappa shape index (κ1) is 9.50. The fourth-order valence-electron chi connectivity index (χ4n) is 0.705. The summed E-state index contributed by atoms with van der Waals surface area (Å²) in [6, 6.07) is 2.80. The van der Waals surface area contributed by atoms with Crippen LogP contribution in [-0.2, 0) is 0 Å². The van der Waals surface area contributed by atoms with Crippen LogP contribution in [-0.4, -0.2) is 18.0 Å². The molecule has 1 heterocycles. The topological polar surface area (TPSA) is 51.5 Å². The van der Waals surface area contributed by atoms with E-state index in [1.54, 1.807) is 0 Å². The molecule has 70 valence electrons. The van der Waals surface area contributed by atoms with Gasteiger partial charge in [-0.2, -0.15) is 0 Å².